The predicted molar refractivity (Wildman–Crippen MR) is 123 cm³/mol. The molecule has 0 spiro atoms. The third kappa shape index (κ3) is 3.14. The minimum atomic E-state index is -4.18. The highest BCUT2D eigenvalue weighted by molar-refractivity contribution is 7.90. The van der Waals surface area contributed by atoms with Crippen molar-refractivity contribution in [1.82, 2.24) is 4.90 Å². The number of nitrogens with zero attached hydrogens (tertiary/aromatic N) is 2. The second-order valence-corrected chi connectivity index (χ2v) is 11.7. The number of amides is 1. The number of hydrogen-bond donors (Lipinski definition) is 3. The predicted octanol–water partition coefficient (Wildman–Crippen LogP) is 3.16. The van der Waals surface area contributed by atoms with E-state index in [1.807, 2.05) is 0 Å². The van der Waals surface area contributed by atoms with Crippen molar-refractivity contribution in [1.29, 1.82) is 0 Å². The van der Waals surface area contributed by atoms with Crippen molar-refractivity contribution >= 4 is 38.1 Å². The molecule has 8 nitrogen and oxygen atoms in total. The molecule has 0 radical (unpaired) electrons. The van der Waals surface area contributed by atoms with Gasteiger partial charge >= 0.3 is 0 Å². The molecule has 34 heavy (non-hydrogen) atoms. The zero-order valence-corrected chi connectivity index (χ0v) is 19.6. The number of halogens is 1. The smallest absolute Gasteiger partial charge is 0.287 e. The van der Waals surface area contributed by atoms with Crippen LogP contribution in [0.3, 0.4) is 0 Å². The van der Waals surface area contributed by atoms with Crippen LogP contribution in [-0.4, -0.2) is 41.3 Å². The fourth-order valence-corrected chi connectivity index (χ4v) is 8.69. The van der Waals surface area contributed by atoms with Gasteiger partial charge < -0.3 is 20.4 Å². The molecule has 11 heteroatoms. The lowest BCUT2D eigenvalue weighted by Crippen LogP contribution is -2.53. The fraction of sp³-hybridized carbons (Fsp3) is 0.391. The van der Waals surface area contributed by atoms with Crippen LogP contribution in [0.25, 0.3) is 0 Å². The Bertz CT molecular complexity index is 1370. The Morgan fingerprint density at radius 1 is 1.21 bits per heavy atom. The van der Waals surface area contributed by atoms with Crippen LogP contribution in [0.4, 0.5) is 9.39 Å². The number of nitrogens with one attached hydrogen (secondary N) is 1. The Kier molecular flexibility index (Phi) is 4.88. The van der Waals surface area contributed by atoms with E-state index in [9.17, 15) is 27.8 Å². The van der Waals surface area contributed by atoms with Crippen LogP contribution >= 0.6 is 11.3 Å². The summed E-state index contributed by atoms with van der Waals surface area (Å²) in [6.07, 6.45) is 2.81. The number of benzene rings is 1. The van der Waals surface area contributed by atoms with E-state index < -0.39 is 22.5 Å². The first-order valence-corrected chi connectivity index (χ1v) is 13.4. The molecular weight excluding hydrogens is 481 g/mol. The summed E-state index contributed by atoms with van der Waals surface area (Å²) >= 11 is 1.09. The van der Waals surface area contributed by atoms with Crippen LogP contribution in [0, 0.1) is 23.6 Å². The van der Waals surface area contributed by atoms with Gasteiger partial charge in [0, 0.05) is 24.1 Å². The molecule has 3 N–H and O–H groups in total. The van der Waals surface area contributed by atoms with Gasteiger partial charge in [-0.3, -0.25) is 4.79 Å². The van der Waals surface area contributed by atoms with Crippen LogP contribution in [0.1, 0.15) is 30.4 Å². The molecule has 0 saturated heterocycles. The molecule has 2 saturated carbocycles. The van der Waals surface area contributed by atoms with Crippen molar-refractivity contribution in [2.75, 3.05) is 5.32 Å². The molecule has 1 amide bonds. The van der Waals surface area contributed by atoms with E-state index in [2.05, 4.69) is 9.71 Å². The van der Waals surface area contributed by atoms with Gasteiger partial charge in [0.2, 0.25) is 0 Å². The van der Waals surface area contributed by atoms with Crippen molar-refractivity contribution < 1.29 is 27.8 Å². The van der Waals surface area contributed by atoms with Gasteiger partial charge in [0.15, 0.2) is 5.84 Å². The Hall–Kier alpha value is -2.76. The zero-order valence-electron chi connectivity index (χ0n) is 17.9. The van der Waals surface area contributed by atoms with Gasteiger partial charge in [-0.05, 0) is 54.2 Å². The fourth-order valence-electron chi connectivity index (χ4n) is 6.10. The highest BCUT2D eigenvalue weighted by atomic mass is 32.2. The van der Waals surface area contributed by atoms with Crippen LogP contribution in [-0.2, 0) is 28.0 Å². The number of carbonyl (C=O) groups is 1. The number of amidine groups is 1. The number of anilines is 1. The summed E-state index contributed by atoms with van der Waals surface area (Å²) in [4.78, 5) is 15.4. The molecule has 6 rings (SSSR count). The summed E-state index contributed by atoms with van der Waals surface area (Å²) in [7, 11) is -4.18. The minimum Gasteiger partial charge on any atom is -0.511 e. The van der Waals surface area contributed by atoms with E-state index in [-0.39, 0.29) is 68.8 Å². The topological polar surface area (TPSA) is 119 Å². The largest absolute Gasteiger partial charge is 0.511 e. The van der Waals surface area contributed by atoms with Gasteiger partial charge in [0.1, 0.15) is 27.0 Å². The number of rotatable bonds is 4. The Labute approximate surface area is 199 Å². The van der Waals surface area contributed by atoms with Gasteiger partial charge in [-0.15, -0.1) is 15.7 Å². The van der Waals surface area contributed by atoms with Gasteiger partial charge in [-0.1, -0.05) is 12.1 Å². The second kappa shape index (κ2) is 7.62. The van der Waals surface area contributed by atoms with Crippen molar-refractivity contribution in [3.63, 3.8) is 0 Å². The molecule has 0 unspecified atom stereocenters. The molecule has 1 aromatic carbocycles. The lowest BCUT2D eigenvalue weighted by molar-refractivity contribution is -0.134. The maximum Gasteiger partial charge on any atom is 0.287 e. The number of sulfonamides is 1. The molecule has 3 heterocycles. The number of aliphatic hydroxyl groups is 2. The molecule has 2 aliphatic carbocycles. The number of fused-ring (bicyclic) bond motifs is 6. The quantitative estimate of drug-likeness (QED) is 0.590. The van der Waals surface area contributed by atoms with Crippen molar-refractivity contribution in [2.24, 2.45) is 22.2 Å². The maximum atomic E-state index is 13.8. The lowest BCUT2D eigenvalue weighted by Gasteiger charge is -2.44. The molecule has 2 aromatic rings. The van der Waals surface area contributed by atoms with Crippen LogP contribution < -0.4 is 5.32 Å². The molecule has 4 aliphatic rings. The lowest BCUT2D eigenvalue weighted by atomic mass is 9.77. The van der Waals surface area contributed by atoms with Crippen molar-refractivity contribution in [3.8, 4) is 0 Å². The average molecular weight is 504 g/mol. The second-order valence-electron chi connectivity index (χ2n) is 9.29. The Balaban J connectivity index is 1.44. The standard InChI is InChI=1S/C23H22FN3O5S2/c24-15-5-1-11(2-6-15)8-27-18-13-4-3-12(7-13)16(18)19(29)17(23(27)30)21-25-22-20(34(31,32)26-21)14(9-28)10-33-22/h1-2,5-6,10,12-13,16,18,28-29H,3-4,7-9H2,(H,25,26)/t12-,13+,16+,18-/m0/s1. The minimum absolute atomic E-state index is 0.104. The molecule has 2 bridgehead atoms. The van der Waals surface area contributed by atoms with Crippen molar-refractivity contribution in [2.45, 2.75) is 43.4 Å². The maximum absolute atomic E-state index is 13.8. The number of aliphatic hydroxyl groups excluding tert-OH is 2. The summed E-state index contributed by atoms with van der Waals surface area (Å²) in [6.45, 7) is -0.234. The highest BCUT2D eigenvalue weighted by Gasteiger charge is 2.57. The van der Waals surface area contributed by atoms with Crippen molar-refractivity contribution in [3.05, 3.63) is 57.9 Å². The highest BCUT2D eigenvalue weighted by Crippen LogP contribution is 2.55. The molecule has 2 aliphatic heterocycles. The number of carbonyl (C=O) groups excluding carboxylic acids is 1. The number of hydrogen-bond acceptors (Lipinski definition) is 7. The third-order valence-electron chi connectivity index (χ3n) is 7.47. The van der Waals surface area contributed by atoms with Crippen LogP contribution in [0.5, 0.6) is 0 Å². The van der Waals surface area contributed by atoms with Crippen LogP contribution in [0.15, 0.2) is 50.3 Å². The summed E-state index contributed by atoms with van der Waals surface area (Å²) in [5.41, 5.74) is 0.843. The summed E-state index contributed by atoms with van der Waals surface area (Å²) < 4.78 is 43.2. The van der Waals surface area contributed by atoms with E-state index in [0.29, 0.717) is 0 Å². The first kappa shape index (κ1) is 21.8. The molecule has 178 valence electrons. The summed E-state index contributed by atoms with van der Waals surface area (Å²) in [5.74, 6) is -1.02. The van der Waals surface area contributed by atoms with E-state index >= 15 is 0 Å². The Morgan fingerprint density at radius 2 is 1.94 bits per heavy atom. The molecule has 2 fully saturated rings. The SMILES string of the molecule is O=C1C(C2=NS(=O)(=O)c3c(CO)csc3N2)=C(O)[C@@H]2[C@H]3CC[C@H](C3)[C@@H]2N1Cc1ccc(F)cc1. The van der Waals surface area contributed by atoms with E-state index in [0.717, 1.165) is 36.2 Å². The molecule has 4 atom stereocenters. The normalized spacial score (nSPS) is 29.1. The molecule has 1 aromatic heterocycles. The molecular formula is C23H22FN3O5S2. The summed E-state index contributed by atoms with van der Waals surface area (Å²) in [5, 5.41) is 25.5. The van der Waals surface area contributed by atoms with Gasteiger partial charge in [-0.2, -0.15) is 8.42 Å². The summed E-state index contributed by atoms with van der Waals surface area (Å²) in [6, 6.07) is 5.73. The zero-order chi connectivity index (χ0) is 23.8. The van der Waals surface area contributed by atoms with E-state index in [4.69, 9.17) is 0 Å². The Morgan fingerprint density at radius 3 is 2.68 bits per heavy atom. The van der Waals surface area contributed by atoms with E-state index in [1.54, 1.807) is 17.0 Å². The average Bonchev–Trinajstić information content (AvgIpc) is 3.52. The van der Waals surface area contributed by atoms with Gasteiger partial charge in [0.05, 0.1) is 6.61 Å². The van der Waals surface area contributed by atoms with Crippen LogP contribution in [0.2, 0.25) is 0 Å². The number of thiophene rings is 1. The van der Waals surface area contributed by atoms with Gasteiger partial charge in [-0.25, -0.2) is 4.39 Å². The third-order valence-corrected chi connectivity index (χ3v) is 9.95. The van der Waals surface area contributed by atoms with E-state index in [1.165, 1.54) is 17.5 Å². The monoisotopic (exact) mass is 503 g/mol. The first-order chi connectivity index (χ1) is 16.3. The first-order valence-electron chi connectivity index (χ1n) is 11.1. The van der Waals surface area contributed by atoms with Gasteiger partial charge in [0.25, 0.3) is 15.9 Å².